The molecule has 10 nitrogen and oxygen atoms in total. The Labute approximate surface area is 154 Å². The average Bonchev–Trinajstić information content (AvgIpc) is 2.45. The number of nitrogens with one attached hydrogen (secondary N) is 4. The van der Waals surface area contributed by atoms with Crippen LogP contribution in [0.15, 0.2) is 16.6 Å². The molecule has 2 amide bonds. The van der Waals surface area contributed by atoms with Gasteiger partial charge in [0.2, 0.25) is 5.96 Å². The standard InChI is InChI=1S/C16H31N5O5/c1-11(10-22)8-9-17-12(18-20-13(23)25-15(2,3)4)19-21-14(24)26-16(5,6)7/h8,22H,9-10H2,1-7H3,(H,20,23)(H,21,24)(H2,17,18,19)/b11-8+. The molecule has 0 aliphatic carbocycles. The number of hydrazine groups is 2. The number of aliphatic hydroxyl groups excluding tert-OH is 1. The maximum atomic E-state index is 11.7. The number of rotatable bonds is 3. The van der Waals surface area contributed by atoms with E-state index in [9.17, 15) is 9.59 Å². The minimum atomic E-state index is -0.716. The molecular formula is C16H31N5O5. The monoisotopic (exact) mass is 373 g/mol. The minimum Gasteiger partial charge on any atom is -0.443 e. The molecule has 0 aliphatic rings. The Bertz CT molecular complexity index is 498. The number of aliphatic imine (C=N–C) groups is 1. The van der Waals surface area contributed by atoms with E-state index in [1.165, 1.54) is 0 Å². The zero-order chi connectivity index (χ0) is 20.4. The van der Waals surface area contributed by atoms with Crippen LogP contribution in [0.2, 0.25) is 0 Å². The molecule has 150 valence electrons. The second kappa shape index (κ2) is 10.5. The second-order valence-electron chi connectivity index (χ2n) is 7.40. The van der Waals surface area contributed by atoms with E-state index in [0.29, 0.717) is 0 Å². The van der Waals surface area contributed by atoms with Gasteiger partial charge >= 0.3 is 12.2 Å². The normalized spacial score (nSPS) is 11.9. The minimum absolute atomic E-state index is 0.0451. The van der Waals surface area contributed by atoms with Crippen molar-refractivity contribution in [3.63, 3.8) is 0 Å². The van der Waals surface area contributed by atoms with Gasteiger partial charge in [-0.2, -0.15) is 0 Å². The van der Waals surface area contributed by atoms with Gasteiger partial charge in [-0.1, -0.05) is 11.6 Å². The summed E-state index contributed by atoms with van der Waals surface area (Å²) in [5.74, 6) is 0.0451. The number of ether oxygens (including phenoxy) is 2. The van der Waals surface area contributed by atoms with Crippen molar-refractivity contribution in [2.24, 2.45) is 4.99 Å². The molecule has 0 bridgehead atoms. The summed E-state index contributed by atoms with van der Waals surface area (Å²) in [5.41, 5.74) is 9.01. The van der Waals surface area contributed by atoms with Crippen molar-refractivity contribution < 1.29 is 24.2 Å². The quantitative estimate of drug-likeness (QED) is 0.218. The Morgan fingerprint density at radius 3 is 1.69 bits per heavy atom. The number of hydrogen-bond acceptors (Lipinski definition) is 6. The Hall–Kier alpha value is -2.49. The molecule has 26 heavy (non-hydrogen) atoms. The summed E-state index contributed by atoms with van der Waals surface area (Å²) in [7, 11) is 0. The summed E-state index contributed by atoms with van der Waals surface area (Å²) in [6.07, 6.45) is 0.252. The van der Waals surface area contributed by atoms with E-state index in [1.54, 1.807) is 54.5 Å². The van der Waals surface area contributed by atoms with Crippen molar-refractivity contribution in [1.82, 2.24) is 21.7 Å². The van der Waals surface area contributed by atoms with Gasteiger partial charge < -0.3 is 14.6 Å². The Morgan fingerprint density at radius 2 is 1.35 bits per heavy atom. The highest BCUT2D eigenvalue weighted by molar-refractivity contribution is 5.83. The zero-order valence-electron chi connectivity index (χ0n) is 16.5. The van der Waals surface area contributed by atoms with Gasteiger partial charge in [-0.3, -0.25) is 10.9 Å². The SMILES string of the molecule is C/C(=C\CN=C(NNC(=O)OC(C)(C)C)NNC(=O)OC(C)(C)C)CO. The van der Waals surface area contributed by atoms with Gasteiger partial charge in [-0.15, -0.1) is 0 Å². The van der Waals surface area contributed by atoms with E-state index in [0.717, 1.165) is 5.57 Å². The van der Waals surface area contributed by atoms with Gasteiger partial charge in [0.1, 0.15) is 11.2 Å². The number of guanidine groups is 1. The van der Waals surface area contributed by atoms with Crippen LogP contribution in [-0.4, -0.2) is 47.6 Å². The zero-order valence-corrected chi connectivity index (χ0v) is 16.5. The summed E-state index contributed by atoms with van der Waals surface area (Å²) in [5, 5.41) is 8.97. The van der Waals surface area contributed by atoms with Crippen molar-refractivity contribution in [3.05, 3.63) is 11.6 Å². The molecule has 0 rings (SSSR count). The van der Waals surface area contributed by atoms with Crippen LogP contribution in [-0.2, 0) is 9.47 Å². The number of carbonyl (C=O) groups is 2. The van der Waals surface area contributed by atoms with Crippen LogP contribution in [0.3, 0.4) is 0 Å². The van der Waals surface area contributed by atoms with Gasteiger partial charge in [0.25, 0.3) is 0 Å². The lowest BCUT2D eigenvalue weighted by atomic mass is 10.2. The van der Waals surface area contributed by atoms with Crippen LogP contribution in [0.4, 0.5) is 9.59 Å². The average molecular weight is 373 g/mol. The van der Waals surface area contributed by atoms with E-state index in [1.807, 2.05) is 0 Å². The van der Waals surface area contributed by atoms with Crippen LogP contribution >= 0.6 is 0 Å². The molecule has 0 unspecified atom stereocenters. The summed E-state index contributed by atoms with van der Waals surface area (Å²) in [4.78, 5) is 27.5. The number of carbonyl (C=O) groups excluding carboxylic acids is 2. The third-order valence-corrected chi connectivity index (χ3v) is 2.30. The van der Waals surface area contributed by atoms with Crippen LogP contribution < -0.4 is 21.7 Å². The number of aliphatic hydroxyl groups is 1. The summed E-state index contributed by atoms with van der Waals surface area (Å²) < 4.78 is 10.2. The van der Waals surface area contributed by atoms with Gasteiger partial charge in [0, 0.05) is 0 Å². The predicted octanol–water partition coefficient (Wildman–Crippen LogP) is 1.34. The molecule has 0 atom stereocenters. The molecule has 0 saturated carbocycles. The Balaban J connectivity index is 4.77. The van der Waals surface area contributed by atoms with Crippen molar-refractivity contribution in [1.29, 1.82) is 0 Å². The third kappa shape index (κ3) is 13.9. The number of amides is 2. The molecule has 0 aromatic carbocycles. The fraction of sp³-hybridized carbons (Fsp3) is 0.688. The first-order chi connectivity index (χ1) is 11.8. The highest BCUT2D eigenvalue weighted by Gasteiger charge is 2.17. The van der Waals surface area contributed by atoms with Crippen molar-refractivity contribution in [2.45, 2.75) is 59.7 Å². The number of hydrogen-bond donors (Lipinski definition) is 5. The molecule has 0 saturated heterocycles. The van der Waals surface area contributed by atoms with E-state index in [-0.39, 0.29) is 19.1 Å². The van der Waals surface area contributed by atoms with Crippen LogP contribution in [0.25, 0.3) is 0 Å². The van der Waals surface area contributed by atoms with E-state index in [2.05, 4.69) is 26.7 Å². The maximum absolute atomic E-state index is 11.7. The molecule has 0 aromatic rings. The first-order valence-corrected chi connectivity index (χ1v) is 8.13. The van der Waals surface area contributed by atoms with E-state index < -0.39 is 23.4 Å². The molecule has 0 aromatic heterocycles. The Kier molecular flexibility index (Phi) is 9.49. The fourth-order valence-corrected chi connectivity index (χ4v) is 1.30. The molecule has 0 spiro atoms. The molecule has 0 aliphatic heterocycles. The van der Waals surface area contributed by atoms with Crippen molar-refractivity contribution in [3.8, 4) is 0 Å². The largest absolute Gasteiger partial charge is 0.443 e. The lowest BCUT2D eigenvalue weighted by Crippen LogP contribution is -2.54. The van der Waals surface area contributed by atoms with Crippen molar-refractivity contribution >= 4 is 18.1 Å². The second-order valence-corrected chi connectivity index (χ2v) is 7.40. The van der Waals surface area contributed by atoms with Gasteiger partial charge in [0.15, 0.2) is 0 Å². The van der Waals surface area contributed by atoms with Gasteiger partial charge in [0.05, 0.1) is 13.2 Å². The van der Waals surface area contributed by atoms with E-state index >= 15 is 0 Å². The third-order valence-electron chi connectivity index (χ3n) is 2.30. The lowest BCUT2D eigenvalue weighted by molar-refractivity contribution is 0.0511. The molecule has 10 heteroatoms. The summed E-state index contributed by atoms with van der Waals surface area (Å²) in [6.45, 7) is 12.2. The fourth-order valence-electron chi connectivity index (χ4n) is 1.30. The molecular weight excluding hydrogens is 342 g/mol. The highest BCUT2D eigenvalue weighted by atomic mass is 16.6. The topological polar surface area (TPSA) is 133 Å². The predicted molar refractivity (Wildman–Crippen MR) is 98.2 cm³/mol. The first kappa shape index (κ1) is 23.5. The molecule has 5 N–H and O–H groups in total. The van der Waals surface area contributed by atoms with Gasteiger partial charge in [-0.25, -0.2) is 25.4 Å². The van der Waals surface area contributed by atoms with Crippen molar-refractivity contribution in [2.75, 3.05) is 13.2 Å². The lowest BCUT2D eigenvalue weighted by Gasteiger charge is -2.22. The Morgan fingerprint density at radius 1 is 0.923 bits per heavy atom. The molecule has 0 fully saturated rings. The molecule has 0 radical (unpaired) electrons. The highest BCUT2D eigenvalue weighted by Crippen LogP contribution is 2.06. The maximum Gasteiger partial charge on any atom is 0.426 e. The van der Waals surface area contributed by atoms with Crippen LogP contribution in [0, 0.1) is 0 Å². The van der Waals surface area contributed by atoms with Crippen LogP contribution in [0.5, 0.6) is 0 Å². The molecule has 0 heterocycles. The first-order valence-electron chi connectivity index (χ1n) is 8.13. The summed E-state index contributed by atoms with van der Waals surface area (Å²) >= 11 is 0. The smallest absolute Gasteiger partial charge is 0.426 e. The number of nitrogens with zero attached hydrogens (tertiary/aromatic N) is 1. The van der Waals surface area contributed by atoms with Gasteiger partial charge in [-0.05, 0) is 48.5 Å². The summed E-state index contributed by atoms with van der Waals surface area (Å²) in [6, 6.07) is 0. The van der Waals surface area contributed by atoms with Crippen LogP contribution in [0.1, 0.15) is 48.5 Å². The van der Waals surface area contributed by atoms with E-state index in [4.69, 9.17) is 14.6 Å².